The van der Waals surface area contributed by atoms with E-state index in [1.54, 1.807) is 0 Å². The molecule has 1 unspecified atom stereocenters. The second kappa shape index (κ2) is 70.1. The van der Waals surface area contributed by atoms with Crippen molar-refractivity contribution < 1.29 is 28.6 Å². The Bertz CT molecular complexity index is 1550. The summed E-state index contributed by atoms with van der Waals surface area (Å²) >= 11 is 0. The van der Waals surface area contributed by atoms with Gasteiger partial charge in [0, 0.05) is 19.3 Å². The molecule has 0 bridgehead atoms. The molecule has 0 aliphatic rings. The van der Waals surface area contributed by atoms with Crippen LogP contribution in [0.4, 0.5) is 0 Å². The summed E-state index contributed by atoms with van der Waals surface area (Å²) in [4.78, 5) is 38.3. The zero-order chi connectivity index (χ0) is 59.2. The van der Waals surface area contributed by atoms with Crippen molar-refractivity contribution >= 4 is 17.9 Å². The van der Waals surface area contributed by atoms with E-state index in [9.17, 15) is 14.4 Å². The van der Waals surface area contributed by atoms with Crippen LogP contribution in [0.3, 0.4) is 0 Å². The van der Waals surface area contributed by atoms with Crippen LogP contribution in [0.25, 0.3) is 0 Å². The maximum Gasteiger partial charge on any atom is 0.306 e. The van der Waals surface area contributed by atoms with Crippen LogP contribution in [0.1, 0.15) is 361 Å². The van der Waals surface area contributed by atoms with Gasteiger partial charge in [-0.25, -0.2) is 0 Å². The monoisotopic (exact) mass is 1140 g/mol. The lowest BCUT2D eigenvalue weighted by molar-refractivity contribution is -0.167. The Kier molecular flexibility index (Phi) is 67.2. The highest BCUT2D eigenvalue weighted by molar-refractivity contribution is 5.71. The Morgan fingerprint density at radius 1 is 0.256 bits per heavy atom. The third-order valence-electron chi connectivity index (χ3n) is 15.6. The topological polar surface area (TPSA) is 78.9 Å². The number of hydrogen-bond acceptors (Lipinski definition) is 6. The average Bonchev–Trinajstić information content (AvgIpc) is 3.47. The molecule has 0 fully saturated rings. The van der Waals surface area contributed by atoms with Crippen molar-refractivity contribution in [1.29, 1.82) is 0 Å². The van der Waals surface area contributed by atoms with Crippen LogP contribution >= 0.6 is 0 Å². The molecule has 0 amide bonds. The van der Waals surface area contributed by atoms with Gasteiger partial charge in [0.2, 0.25) is 0 Å². The minimum atomic E-state index is -0.804. The highest BCUT2D eigenvalue weighted by Crippen LogP contribution is 2.18. The van der Waals surface area contributed by atoms with E-state index in [0.717, 1.165) is 83.5 Å². The van der Waals surface area contributed by atoms with Gasteiger partial charge < -0.3 is 14.2 Å². The quantitative estimate of drug-likeness (QED) is 0.0261. The van der Waals surface area contributed by atoms with Crippen molar-refractivity contribution in [3.8, 4) is 0 Å². The fourth-order valence-electron chi connectivity index (χ4n) is 10.3. The van der Waals surface area contributed by atoms with Gasteiger partial charge in [0.25, 0.3) is 0 Å². The van der Waals surface area contributed by atoms with E-state index < -0.39 is 6.10 Å². The number of rotatable bonds is 65. The molecular weight excluding hydrogens is 1010 g/mol. The van der Waals surface area contributed by atoms with E-state index in [1.807, 2.05) is 0 Å². The first-order valence-corrected chi connectivity index (χ1v) is 35.6. The van der Waals surface area contributed by atoms with Crippen LogP contribution in [-0.4, -0.2) is 37.2 Å². The lowest BCUT2D eigenvalue weighted by atomic mass is 10.0. The Labute approximate surface area is 509 Å². The second-order valence-corrected chi connectivity index (χ2v) is 23.8. The summed E-state index contributed by atoms with van der Waals surface area (Å²) in [5.41, 5.74) is 0. The van der Waals surface area contributed by atoms with Gasteiger partial charge in [0.15, 0.2) is 6.10 Å². The predicted molar refractivity (Wildman–Crippen MR) is 358 cm³/mol. The smallest absolute Gasteiger partial charge is 0.306 e. The van der Waals surface area contributed by atoms with Crippen molar-refractivity contribution in [3.63, 3.8) is 0 Å². The van der Waals surface area contributed by atoms with E-state index >= 15 is 0 Å². The van der Waals surface area contributed by atoms with Gasteiger partial charge >= 0.3 is 17.9 Å². The highest BCUT2D eigenvalue weighted by Gasteiger charge is 2.19. The summed E-state index contributed by atoms with van der Waals surface area (Å²) in [7, 11) is 0. The van der Waals surface area contributed by atoms with Crippen molar-refractivity contribution in [3.05, 3.63) is 85.1 Å². The zero-order valence-corrected chi connectivity index (χ0v) is 54.5. The first-order valence-electron chi connectivity index (χ1n) is 35.6. The van der Waals surface area contributed by atoms with Crippen molar-refractivity contribution in [2.75, 3.05) is 13.2 Å². The third kappa shape index (κ3) is 67.4. The Morgan fingerprint density at radius 3 is 0.780 bits per heavy atom. The largest absolute Gasteiger partial charge is 0.462 e. The Hall–Kier alpha value is -3.41. The van der Waals surface area contributed by atoms with Crippen molar-refractivity contribution in [2.24, 2.45) is 0 Å². The van der Waals surface area contributed by atoms with E-state index in [-0.39, 0.29) is 37.5 Å². The van der Waals surface area contributed by atoms with Crippen LogP contribution in [0, 0.1) is 0 Å². The number of carbonyl (C=O) groups excluding carboxylic acids is 3. The number of esters is 3. The van der Waals surface area contributed by atoms with Gasteiger partial charge in [-0.1, -0.05) is 337 Å². The van der Waals surface area contributed by atoms with Gasteiger partial charge in [-0.05, 0) is 89.9 Å². The van der Waals surface area contributed by atoms with Gasteiger partial charge in [-0.15, -0.1) is 0 Å². The highest BCUT2D eigenvalue weighted by atomic mass is 16.6. The maximum atomic E-state index is 12.9. The second-order valence-electron chi connectivity index (χ2n) is 23.8. The summed E-state index contributed by atoms with van der Waals surface area (Å²) < 4.78 is 16.9. The first-order chi connectivity index (χ1) is 40.5. The molecular formula is C76H134O6. The molecule has 82 heavy (non-hydrogen) atoms. The van der Waals surface area contributed by atoms with E-state index in [4.69, 9.17) is 14.2 Å². The standard InChI is InChI=1S/C76H134O6/c1-4-7-10-13-16-19-22-25-27-29-30-31-32-33-34-35-36-37-38-39-40-41-42-43-44-45-46-48-49-51-54-57-60-63-66-69-75(78)81-72-73(71-80-74(77)68-65-62-59-56-53-24-21-18-15-12-9-6-3)82-76(79)70-67-64-61-58-55-52-50-47-28-26-23-20-17-14-11-8-5-2/h8,11,17,20,22,25-26,28-30,50,52,58,61,73H,4-7,9-10,12-16,18-19,21,23-24,27,31-49,51,53-57,59-60,62-72H2,1-3H3/b11-8-,20-17-,25-22-,28-26-,30-29-,52-50-,61-58-. The molecule has 0 aliphatic heterocycles. The molecule has 0 aliphatic carbocycles. The minimum Gasteiger partial charge on any atom is -0.462 e. The van der Waals surface area contributed by atoms with Crippen LogP contribution < -0.4 is 0 Å². The number of carbonyl (C=O) groups is 3. The molecule has 0 spiro atoms. The SMILES string of the molecule is CC/C=C\C/C=C\C/C=C\C/C=C\C/C=C\CCCC(=O)OC(COC(=O)CCCCCCCCCCCCCC)COC(=O)CCCCCCCCCCCCCCCCCCCCCCCCC/C=C\C/C=C\CCCCCCC. The Balaban J connectivity index is 4.12. The molecule has 474 valence electrons. The van der Waals surface area contributed by atoms with Crippen LogP contribution in [0.15, 0.2) is 85.1 Å². The molecule has 6 heteroatoms. The lowest BCUT2D eigenvalue weighted by Gasteiger charge is -2.18. The number of unbranched alkanes of at least 4 members (excludes halogenated alkanes) is 40. The zero-order valence-electron chi connectivity index (χ0n) is 54.5. The summed E-state index contributed by atoms with van der Waals surface area (Å²) in [6.45, 7) is 6.51. The molecule has 0 saturated heterocycles. The average molecular weight is 1140 g/mol. The summed E-state index contributed by atoms with van der Waals surface area (Å²) in [6, 6.07) is 0. The van der Waals surface area contributed by atoms with Crippen molar-refractivity contribution in [1.82, 2.24) is 0 Å². The molecule has 0 saturated carbocycles. The lowest BCUT2D eigenvalue weighted by Crippen LogP contribution is -2.30. The summed E-state index contributed by atoms with van der Waals surface area (Å²) in [5.74, 6) is -0.936. The summed E-state index contributed by atoms with van der Waals surface area (Å²) in [6.07, 6.45) is 93.6. The van der Waals surface area contributed by atoms with Crippen molar-refractivity contribution in [2.45, 2.75) is 367 Å². The van der Waals surface area contributed by atoms with E-state index in [1.165, 1.54) is 231 Å². The predicted octanol–water partition coefficient (Wildman–Crippen LogP) is 24.6. The van der Waals surface area contributed by atoms with Crippen LogP contribution in [0.5, 0.6) is 0 Å². The molecule has 0 heterocycles. The fraction of sp³-hybridized carbons (Fsp3) is 0.776. The molecule has 0 aromatic heterocycles. The fourth-order valence-corrected chi connectivity index (χ4v) is 10.3. The third-order valence-corrected chi connectivity index (χ3v) is 15.6. The molecule has 0 N–H and O–H groups in total. The Morgan fingerprint density at radius 2 is 0.488 bits per heavy atom. The van der Waals surface area contributed by atoms with Crippen LogP contribution in [0.2, 0.25) is 0 Å². The molecule has 6 nitrogen and oxygen atoms in total. The van der Waals surface area contributed by atoms with Gasteiger partial charge in [0.1, 0.15) is 13.2 Å². The molecule has 0 rings (SSSR count). The van der Waals surface area contributed by atoms with Crippen LogP contribution in [-0.2, 0) is 28.6 Å². The minimum absolute atomic E-state index is 0.0944. The summed E-state index contributed by atoms with van der Waals surface area (Å²) in [5, 5.41) is 0. The molecule has 0 aromatic carbocycles. The molecule has 0 radical (unpaired) electrons. The molecule has 0 aromatic rings. The number of ether oxygens (including phenoxy) is 3. The van der Waals surface area contributed by atoms with Gasteiger partial charge in [0.05, 0.1) is 0 Å². The van der Waals surface area contributed by atoms with E-state index in [0.29, 0.717) is 19.3 Å². The normalized spacial score (nSPS) is 12.6. The number of allylic oxidation sites excluding steroid dienone is 14. The van der Waals surface area contributed by atoms with E-state index in [2.05, 4.69) is 106 Å². The van der Waals surface area contributed by atoms with Gasteiger partial charge in [-0.2, -0.15) is 0 Å². The first kappa shape index (κ1) is 78.6. The number of hydrogen-bond donors (Lipinski definition) is 0. The van der Waals surface area contributed by atoms with Gasteiger partial charge in [-0.3, -0.25) is 14.4 Å². The maximum absolute atomic E-state index is 12.9. The molecule has 1 atom stereocenters.